The van der Waals surface area contributed by atoms with E-state index in [-0.39, 0.29) is 22.9 Å². The van der Waals surface area contributed by atoms with Gasteiger partial charge in [-0.1, -0.05) is 27.7 Å². The largest absolute Gasteiger partial charge is 0.464 e. The molecule has 0 saturated carbocycles. The fraction of sp³-hybridized carbons (Fsp3) is 0.360. The van der Waals surface area contributed by atoms with Gasteiger partial charge in [0.15, 0.2) is 0 Å². The van der Waals surface area contributed by atoms with Crippen LogP contribution < -0.4 is 0 Å². The van der Waals surface area contributed by atoms with Crippen LogP contribution in [0.25, 0.3) is 11.3 Å². The van der Waals surface area contributed by atoms with Gasteiger partial charge in [0.05, 0.1) is 31.1 Å². The molecule has 0 saturated heterocycles. The van der Waals surface area contributed by atoms with Crippen molar-refractivity contribution >= 4 is 18.0 Å². The van der Waals surface area contributed by atoms with Crippen LogP contribution in [0.15, 0.2) is 41.7 Å². The number of ketones is 1. The second kappa shape index (κ2) is 8.69. The maximum Gasteiger partial charge on any atom is 0.356 e. The maximum absolute atomic E-state index is 13.4. The van der Waals surface area contributed by atoms with Crippen LogP contribution in [-0.4, -0.2) is 51.1 Å². The Kier molecular flexibility index (Phi) is 5.93. The summed E-state index contributed by atoms with van der Waals surface area (Å²) in [5.74, 6) is 0.209. The number of aryl methyl sites for hydroxylation is 1. The molecule has 3 aromatic rings. The first-order valence-corrected chi connectivity index (χ1v) is 10.9. The van der Waals surface area contributed by atoms with Gasteiger partial charge in [-0.3, -0.25) is 14.8 Å². The minimum atomic E-state index is -0.498. The van der Waals surface area contributed by atoms with Crippen LogP contribution in [0, 0.1) is 5.41 Å². The average molecular weight is 446 g/mol. The Hall–Kier alpha value is -3.68. The van der Waals surface area contributed by atoms with E-state index in [9.17, 15) is 9.59 Å². The Bertz CT molecular complexity index is 1220. The fourth-order valence-electron chi connectivity index (χ4n) is 3.97. The van der Waals surface area contributed by atoms with E-state index in [1.54, 1.807) is 42.9 Å². The topological polar surface area (TPSA) is 99.3 Å². The van der Waals surface area contributed by atoms with Crippen LogP contribution in [0.2, 0.25) is 0 Å². The summed E-state index contributed by atoms with van der Waals surface area (Å²) in [6.45, 7) is 9.26. The first-order valence-electron chi connectivity index (χ1n) is 10.9. The lowest BCUT2D eigenvalue weighted by Gasteiger charge is -2.34. The molecule has 33 heavy (non-hydrogen) atoms. The molecule has 0 aromatic carbocycles. The van der Waals surface area contributed by atoms with Gasteiger partial charge in [0.2, 0.25) is 5.78 Å². The number of nitrogens with zero attached hydrogens (tertiary/aromatic N) is 5. The molecule has 8 heteroatoms. The van der Waals surface area contributed by atoms with Crippen molar-refractivity contribution in [1.82, 2.24) is 19.5 Å². The van der Waals surface area contributed by atoms with Gasteiger partial charge in [0, 0.05) is 36.2 Å². The Labute approximate surface area is 192 Å². The molecule has 0 aliphatic carbocycles. The van der Waals surface area contributed by atoms with Gasteiger partial charge in [0.25, 0.3) is 0 Å². The molecule has 8 nitrogen and oxygen atoms in total. The highest BCUT2D eigenvalue weighted by molar-refractivity contribution is 6.11. The number of rotatable bonds is 5. The third-order valence-electron chi connectivity index (χ3n) is 5.84. The van der Waals surface area contributed by atoms with Gasteiger partial charge >= 0.3 is 5.97 Å². The second-order valence-corrected chi connectivity index (χ2v) is 9.05. The molecular formula is C25H27N5O3. The number of hydrogen-bond donors (Lipinski definition) is 0. The zero-order valence-electron chi connectivity index (χ0n) is 19.5. The molecule has 0 spiro atoms. The van der Waals surface area contributed by atoms with E-state index in [0.29, 0.717) is 23.5 Å². The number of carbonyl (C=O) groups is 2. The van der Waals surface area contributed by atoms with Gasteiger partial charge in [-0.2, -0.15) is 0 Å². The quantitative estimate of drug-likeness (QED) is 0.436. The smallest absolute Gasteiger partial charge is 0.356 e. The normalized spacial score (nSPS) is 15.2. The monoisotopic (exact) mass is 445 g/mol. The number of aromatic nitrogens is 4. The average Bonchev–Trinajstić information content (AvgIpc) is 3.21. The van der Waals surface area contributed by atoms with Gasteiger partial charge in [-0.25, -0.2) is 14.8 Å². The van der Waals surface area contributed by atoms with Crippen LogP contribution in [0.1, 0.15) is 71.8 Å². The minimum Gasteiger partial charge on any atom is -0.464 e. The standard InChI is InChI=1S/C25H27N5O3/c1-6-21-29-22(19-13-26-14-20(30(19)21)25(2,3)4)23(31)16-8-9-17(27-12-16)15-7-10-18(28-11-15)24(32)33-5/h7-13,20H,6,14H2,1-5H3. The maximum atomic E-state index is 13.4. The molecular weight excluding hydrogens is 418 g/mol. The lowest BCUT2D eigenvalue weighted by atomic mass is 9.85. The number of pyridine rings is 2. The summed E-state index contributed by atoms with van der Waals surface area (Å²) in [5.41, 5.74) is 3.20. The molecule has 1 atom stereocenters. The van der Waals surface area contributed by atoms with Crippen molar-refractivity contribution < 1.29 is 14.3 Å². The summed E-state index contributed by atoms with van der Waals surface area (Å²) in [7, 11) is 1.31. The SMILES string of the molecule is CCc1nc(C(=O)c2ccc(-c3ccc(C(=O)OC)nc3)nc2)c2n1C(C(C)(C)C)CN=C2. The van der Waals surface area contributed by atoms with E-state index in [4.69, 9.17) is 4.98 Å². The lowest BCUT2D eigenvalue weighted by Crippen LogP contribution is -2.32. The predicted molar refractivity (Wildman–Crippen MR) is 125 cm³/mol. The highest BCUT2D eigenvalue weighted by atomic mass is 16.5. The molecule has 1 aliphatic heterocycles. The molecule has 4 rings (SSSR count). The Morgan fingerprint density at radius 2 is 1.91 bits per heavy atom. The number of aliphatic imine (C=N–C) groups is 1. The zero-order chi connectivity index (χ0) is 23.8. The number of methoxy groups -OCH3 is 1. The Morgan fingerprint density at radius 1 is 1.12 bits per heavy atom. The van der Waals surface area contributed by atoms with Crippen LogP contribution in [0.5, 0.6) is 0 Å². The van der Waals surface area contributed by atoms with E-state index in [1.165, 1.54) is 7.11 Å². The highest BCUT2D eigenvalue weighted by Gasteiger charge is 2.34. The molecule has 3 aromatic heterocycles. The van der Waals surface area contributed by atoms with Crippen molar-refractivity contribution in [2.24, 2.45) is 10.4 Å². The highest BCUT2D eigenvalue weighted by Crippen LogP contribution is 2.36. The van der Waals surface area contributed by atoms with Crippen molar-refractivity contribution in [1.29, 1.82) is 0 Å². The first-order chi connectivity index (χ1) is 15.7. The third-order valence-corrected chi connectivity index (χ3v) is 5.84. The summed E-state index contributed by atoms with van der Waals surface area (Å²) in [5, 5.41) is 0. The van der Waals surface area contributed by atoms with E-state index >= 15 is 0 Å². The summed E-state index contributed by atoms with van der Waals surface area (Å²) >= 11 is 0. The van der Waals surface area contributed by atoms with Crippen molar-refractivity contribution in [2.75, 3.05) is 13.7 Å². The lowest BCUT2D eigenvalue weighted by molar-refractivity contribution is 0.0594. The zero-order valence-corrected chi connectivity index (χ0v) is 19.5. The number of carbonyl (C=O) groups excluding carboxylic acids is 2. The van der Waals surface area contributed by atoms with Crippen LogP contribution in [0.4, 0.5) is 0 Å². The number of esters is 1. The fourth-order valence-corrected chi connectivity index (χ4v) is 3.97. The first kappa shape index (κ1) is 22.5. The second-order valence-electron chi connectivity index (χ2n) is 9.05. The van der Waals surface area contributed by atoms with Crippen molar-refractivity contribution in [2.45, 2.75) is 40.2 Å². The number of imidazole rings is 1. The summed E-state index contributed by atoms with van der Waals surface area (Å²) in [6, 6.07) is 6.96. The van der Waals surface area contributed by atoms with Crippen molar-refractivity contribution in [3.05, 3.63) is 65.1 Å². The van der Waals surface area contributed by atoms with Crippen LogP contribution in [-0.2, 0) is 11.2 Å². The van der Waals surface area contributed by atoms with Crippen LogP contribution in [0.3, 0.4) is 0 Å². The molecule has 0 bridgehead atoms. The molecule has 0 N–H and O–H groups in total. The van der Waals surface area contributed by atoms with Gasteiger partial charge in [-0.05, 0) is 29.7 Å². The summed E-state index contributed by atoms with van der Waals surface area (Å²) < 4.78 is 6.85. The molecule has 1 aliphatic rings. The van der Waals surface area contributed by atoms with Crippen molar-refractivity contribution in [3.8, 4) is 11.3 Å². The Balaban J connectivity index is 1.64. The number of hydrogen-bond acceptors (Lipinski definition) is 7. The molecule has 1 unspecified atom stereocenters. The summed E-state index contributed by atoms with van der Waals surface area (Å²) in [4.78, 5) is 42.7. The Morgan fingerprint density at radius 3 is 2.48 bits per heavy atom. The third kappa shape index (κ3) is 4.20. The van der Waals surface area contributed by atoms with Crippen LogP contribution >= 0.6 is 0 Å². The van der Waals surface area contributed by atoms with Gasteiger partial charge < -0.3 is 9.30 Å². The van der Waals surface area contributed by atoms with E-state index in [2.05, 4.69) is 45.0 Å². The number of ether oxygens (including phenoxy) is 1. The molecule has 0 fully saturated rings. The molecule has 0 amide bonds. The van der Waals surface area contributed by atoms with E-state index < -0.39 is 5.97 Å². The molecule has 4 heterocycles. The van der Waals surface area contributed by atoms with Gasteiger partial charge in [-0.15, -0.1) is 0 Å². The predicted octanol–water partition coefficient (Wildman–Crippen LogP) is 3.94. The van der Waals surface area contributed by atoms with Crippen molar-refractivity contribution in [3.63, 3.8) is 0 Å². The number of fused-ring (bicyclic) bond motifs is 1. The summed E-state index contributed by atoms with van der Waals surface area (Å²) in [6.07, 6.45) is 5.59. The molecule has 0 radical (unpaired) electrons. The van der Waals surface area contributed by atoms with E-state index in [1.807, 2.05) is 6.92 Å². The molecule has 170 valence electrons. The van der Waals surface area contributed by atoms with Gasteiger partial charge in [0.1, 0.15) is 17.2 Å². The van der Waals surface area contributed by atoms with E-state index in [0.717, 1.165) is 23.5 Å². The minimum absolute atomic E-state index is 0.0158.